The average Bonchev–Trinajstić information content (AvgIpc) is 2.97. The van der Waals surface area contributed by atoms with E-state index in [-0.39, 0.29) is 5.69 Å². The third-order valence-corrected chi connectivity index (χ3v) is 2.22. The van der Waals surface area contributed by atoms with Gasteiger partial charge in [0.1, 0.15) is 11.4 Å². The molecule has 7 heteroatoms. The first-order chi connectivity index (χ1) is 8.26. The Kier molecular flexibility index (Phi) is 3.17. The average molecular weight is 235 g/mol. The molecule has 1 N–H and O–H groups in total. The van der Waals surface area contributed by atoms with Crippen LogP contribution in [0.3, 0.4) is 0 Å². The fourth-order valence-electron chi connectivity index (χ4n) is 1.42. The Morgan fingerprint density at radius 3 is 2.94 bits per heavy atom. The smallest absolute Gasteiger partial charge is 0.361 e. The fraction of sp³-hybridized carbons (Fsp3) is 0.400. The fourth-order valence-corrected chi connectivity index (χ4v) is 1.42. The molecule has 0 spiro atoms. The number of hydrogen-bond donors (Lipinski definition) is 1. The van der Waals surface area contributed by atoms with Crippen LogP contribution in [0.2, 0.25) is 0 Å². The number of carbonyl (C=O) groups is 1. The molecule has 2 heterocycles. The first kappa shape index (κ1) is 11.3. The Bertz CT molecular complexity index is 516. The standard InChI is InChI=1S/C10H13N5O2/c1-3-15-6-5-7(13-15)8-9(12-14-11-8)10(16)17-4-2/h5-6H,3-4H2,1-2H3,(H,11,12,14). The van der Waals surface area contributed by atoms with Gasteiger partial charge in [-0.2, -0.15) is 15.4 Å². The number of aromatic nitrogens is 5. The van der Waals surface area contributed by atoms with Gasteiger partial charge in [0.05, 0.1) is 6.61 Å². The first-order valence-corrected chi connectivity index (χ1v) is 5.38. The number of aryl methyl sites for hydroxylation is 1. The van der Waals surface area contributed by atoms with Crippen molar-refractivity contribution in [1.82, 2.24) is 25.2 Å². The summed E-state index contributed by atoms with van der Waals surface area (Å²) in [5, 5.41) is 14.4. The van der Waals surface area contributed by atoms with Crippen LogP contribution >= 0.6 is 0 Å². The Hall–Kier alpha value is -2.18. The number of carbonyl (C=O) groups excluding carboxylic acids is 1. The Labute approximate surface area is 97.8 Å². The van der Waals surface area contributed by atoms with E-state index in [1.807, 2.05) is 13.1 Å². The van der Waals surface area contributed by atoms with Crippen LogP contribution in [-0.4, -0.2) is 37.8 Å². The van der Waals surface area contributed by atoms with Crippen LogP contribution in [0.4, 0.5) is 0 Å². The molecule has 0 radical (unpaired) electrons. The van der Waals surface area contributed by atoms with Crippen molar-refractivity contribution in [1.29, 1.82) is 0 Å². The molecule has 0 aliphatic carbocycles. The van der Waals surface area contributed by atoms with Crippen molar-refractivity contribution in [2.24, 2.45) is 0 Å². The van der Waals surface area contributed by atoms with Crippen molar-refractivity contribution in [3.05, 3.63) is 18.0 Å². The third-order valence-electron chi connectivity index (χ3n) is 2.22. The molecule has 0 atom stereocenters. The summed E-state index contributed by atoms with van der Waals surface area (Å²) < 4.78 is 6.63. The van der Waals surface area contributed by atoms with Crippen molar-refractivity contribution in [3.63, 3.8) is 0 Å². The quantitative estimate of drug-likeness (QED) is 0.794. The van der Waals surface area contributed by atoms with E-state index in [9.17, 15) is 4.79 Å². The van der Waals surface area contributed by atoms with Gasteiger partial charge >= 0.3 is 5.97 Å². The molecule has 0 fully saturated rings. The summed E-state index contributed by atoms with van der Waals surface area (Å²) in [6.45, 7) is 4.77. The van der Waals surface area contributed by atoms with Crippen molar-refractivity contribution < 1.29 is 9.53 Å². The van der Waals surface area contributed by atoms with E-state index in [1.54, 1.807) is 17.7 Å². The second-order valence-electron chi connectivity index (χ2n) is 3.30. The predicted molar refractivity (Wildman–Crippen MR) is 59.2 cm³/mol. The molecule has 0 bridgehead atoms. The summed E-state index contributed by atoms with van der Waals surface area (Å²) >= 11 is 0. The molecule has 2 aromatic rings. The summed E-state index contributed by atoms with van der Waals surface area (Å²) in [6.07, 6.45) is 1.82. The third kappa shape index (κ3) is 2.17. The second-order valence-corrected chi connectivity index (χ2v) is 3.30. The summed E-state index contributed by atoms with van der Waals surface area (Å²) in [5.41, 5.74) is 1.17. The van der Waals surface area contributed by atoms with Crippen molar-refractivity contribution in [2.75, 3.05) is 6.61 Å². The van der Waals surface area contributed by atoms with Gasteiger partial charge in [0.25, 0.3) is 0 Å². The lowest BCUT2D eigenvalue weighted by Gasteiger charge is -1.98. The zero-order valence-corrected chi connectivity index (χ0v) is 9.67. The zero-order valence-electron chi connectivity index (χ0n) is 9.67. The minimum atomic E-state index is -0.498. The number of aromatic amines is 1. The molecule has 0 amide bonds. The number of esters is 1. The lowest BCUT2D eigenvalue weighted by molar-refractivity contribution is 0.0520. The van der Waals surface area contributed by atoms with E-state index in [2.05, 4.69) is 20.5 Å². The maximum absolute atomic E-state index is 11.6. The van der Waals surface area contributed by atoms with Gasteiger partial charge in [0, 0.05) is 12.7 Å². The molecule has 0 aromatic carbocycles. The maximum Gasteiger partial charge on any atom is 0.361 e. The highest BCUT2D eigenvalue weighted by Crippen LogP contribution is 2.17. The lowest BCUT2D eigenvalue weighted by Crippen LogP contribution is -2.07. The number of rotatable bonds is 4. The zero-order chi connectivity index (χ0) is 12.3. The second kappa shape index (κ2) is 4.77. The molecule has 0 saturated carbocycles. The van der Waals surface area contributed by atoms with Gasteiger partial charge in [-0.1, -0.05) is 0 Å². The van der Waals surface area contributed by atoms with E-state index in [1.165, 1.54) is 0 Å². The number of ether oxygens (including phenoxy) is 1. The minimum Gasteiger partial charge on any atom is -0.461 e. The molecular weight excluding hydrogens is 222 g/mol. The van der Waals surface area contributed by atoms with Crippen LogP contribution < -0.4 is 0 Å². The number of nitrogens with one attached hydrogen (secondary N) is 1. The molecule has 0 saturated heterocycles. The van der Waals surface area contributed by atoms with Crippen LogP contribution in [0.25, 0.3) is 11.4 Å². The SMILES string of the molecule is CCOC(=O)c1n[nH]nc1-c1ccn(CC)n1. The number of hydrogen-bond acceptors (Lipinski definition) is 5. The maximum atomic E-state index is 11.6. The van der Waals surface area contributed by atoms with E-state index in [0.717, 1.165) is 6.54 Å². The van der Waals surface area contributed by atoms with Gasteiger partial charge < -0.3 is 4.74 Å². The molecule has 0 aliphatic heterocycles. The topological polar surface area (TPSA) is 85.7 Å². The highest BCUT2D eigenvalue weighted by molar-refractivity contribution is 5.93. The Balaban J connectivity index is 2.33. The Morgan fingerprint density at radius 1 is 1.47 bits per heavy atom. The molecule has 7 nitrogen and oxygen atoms in total. The summed E-state index contributed by atoms with van der Waals surface area (Å²) in [4.78, 5) is 11.6. The summed E-state index contributed by atoms with van der Waals surface area (Å²) in [6, 6.07) is 1.78. The molecule has 0 aliphatic rings. The van der Waals surface area contributed by atoms with Crippen molar-refractivity contribution in [3.8, 4) is 11.4 Å². The lowest BCUT2D eigenvalue weighted by atomic mass is 10.2. The number of H-pyrrole nitrogens is 1. The predicted octanol–water partition coefficient (Wildman–Crippen LogP) is 0.865. The molecule has 2 aromatic heterocycles. The van der Waals surface area contributed by atoms with E-state index in [4.69, 9.17) is 4.74 Å². The highest BCUT2D eigenvalue weighted by atomic mass is 16.5. The van der Waals surface area contributed by atoms with Gasteiger partial charge in [-0.05, 0) is 19.9 Å². The minimum absolute atomic E-state index is 0.160. The normalized spacial score (nSPS) is 10.5. The van der Waals surface area contributed by atoms with Crippen LogP contribution in [-0.2, 0) is 11.3 Å². The largest absolute Gasteiger partial charge is 0.461 e. The van der Waals surface area contributed by atoms with E-state index < -0.39 is 5.97 Å². The van der Waals surface area contributed by atoms with E-state index >= 15 is 0 Å². The summed E-state index contributed by atoms with van der Waals surface area (Å²) in [7, 11) is 0. The van der Waals surface area contributed by atoms with Gasteiger partial charge in [0.15, 0.2) is 5.69 Å². The monoisotopic (exact) mass is 235 g/mol. The van der Waals surface area contributed by atoms with Gasteiger partial charge in [-0.3, -0.25) is 4.68 Å². The Morgan fingerprint density at radius 2 is 2.29 bits per heavy atom. The molecule has 90 valence electrons. The van der Waals surface area contributed by atoms with Gasteiger partial charge in [0.2, 0.25) is 0 Å². The van der Waals surface area contributed by atoms with Crippen LogP contribution in [0.1, 0.15) is 24.3 Å². The summed E-state index contributed by atoms with van der Waals surface area (Å²) in [5.74, 6) is -0.498. The van der Waals surface area contributed by atoms with Crippen molar-refractivity contribution >= 4 is 5.97 Å². The van der Waals surface area contributed by atoms with Crippen molar-refractivity contribution in [2.45, 2.75) is 20.4 Å². The molecule has 17 heavy (non-hydrogen) atoms. The van der Waals surface area contributed by atoms with Crippen LogP contribution in [0, 0.1) is 0 Å². The molecular formula is C10H13N5O2. The van der Waals surface area contributed by atoms with E-state index in [0.29, 0.717) is 18.0 Å². The van der Waals surface area contributed by atoms with Crippen LogP contribution in [0.15, 0.2) is 12.3 Å². The molecule has 0 unspecified atom stereocenters. The highest BCUT2D eigenvalue weighted by Gasteiger charge is 2.20. The van der Waals surface area contributed by atoms with Crippen LogP contribution in [0.5, 0.6) is 0 Å². The van der Waals surface area contributed by atoms with Gasteiger partial charge in [-0.25, -0.2) is 4.79 Å². The number of nitrogens with zero attached hydrogens (tertiary/aromatic N) is 4. The first-order valence-electron chi connectivity index (χ1n) is 5.38. The van der Waals surface area contributed by atoms with Gasteiger partial charge in [-0.15, -0.1) is 5.10 Å². The molecule has 2 rings (SSSR count).